The van der Waals surface area contributed by atoms with Gasteiger partial charge in [0, 0.05) is 30.3 Å². The summed E-state index contributed by atoms with van der Waals surface area (Å²) in [5.41, 5.74) is 4.48. The van der Waals surface area contributed by atoms with E-state index in [-0.39, 0.29) is 0 Å². The molecule has 0 aliphatic carbocycles. The van der Waals surface area contributed by atoms with Crippen LogP contribution in [0.3, 0.4) is 0 Å². The summed E-state index contributed by atoms with van der Waals surface area (Å²) in [7, 11) is 0. The molecule has 116 valence electrons. The van der Waals surface area contributed by atoms with Crippen LogP contribution in [0, 0.1) is 6.92 Å². The summed E-state index contributed by atoms with van der Waals surface area (Å²) in [6.07, 6.45) is 5.48. The number of nitrogens with zero attached hydrogens (tertiary/aromatic N) is 2. The second-order valence-corrected chi connectivity index (χ2v) is 5.72. The van der Waals surface area contributed by atoms with E-state index in [0.717, 1.165) is 11.4 Å². The quantitative estimate of drug-likeness (QED) is 0.719. The zero-order valence-electron chi connectivity index (χ0n) is 12.9. The van der Waals surface area contributed by atoms with E-state index in [0.29, 0.717) is 11.7 Å². The van der Waals surface area contributed by atoms with Gasteiger partial charge in [-0.05, 0) is 49.0 Å². The maximum absolute atomic E-state index is 5.32. The Morgan fingerprint density at radius 3 is 2.48 bits per heavy atom. The molecule has 0 bridgehead atoms. The van der Waals surface area contributed by atoms with Gasteiger partial charge in [0.2, 0.25) is 0 Å². The summed E-state index contributed by atoms with van der Waals surface area (Å²) in [5.74, 6) is 0. The monoisotopic (exact) mass is 322 g/mol. The Bertz CT molecular complexity index is 762. The Labute approximate surface area is 141 Å². The van der Waals surface area contributed by atoms with Crippen LogP contribution in [0.15, 0.2) is 67.3 Å². The van der Waals surface area contributed by atoms with Crippen LogP contribution in [0.2, 0.25) is 0 Å². The van der Waals surface area contributed by atoms with Gasteiger partial charge in [-0.1, -0.05) is 29.8 Å². The lowest BCUT2D eigenvalue weighted by atomic mass is 10.2. The molecule has 0 saturated carbocycles. The van der Waals surface area contributed by atoms with Crippen molar-refractivity contribution in [2.45, 2.75) is 13.5 Å². The van der Waals surface area contributed by atoms with Crippen molar-refractivity contribution in [3.63, 3.8) is 0 Å². The number of aromatic nitrogens is 2. The number of benzene rings is 2. The first-order chi connectivity index (χ1) is 11.2. The fraction of sp³-hybridized carbons (Fsp3) is 0.111. The van der Waals surface area contributed by atoms with Gasteiger partial charge in [0.15, 0.2) is 5.11 Å². The lowest BCUT2D eigenvalue weighted by Gasteiger charge is -2.11. The molecule has 4 nitrogen and oxygen atoms in total. The van der Waals surface area contributed by atoms with Gasteiger partial charge in [-0.15, -0.1) is 0 Å². The van der Waals surface area contributed by atoms with Gasteiger partial charge in [-0.3, -0.25) is 0 Å². The van der Waals surface area contributed by atoms with Crippen molar-refractivity contribution in [2.24, 2.45) is 0 Å². The molecule has 5 heteroatoms. The number of anilines is 1. The van der Waals surface area contributed by atoms with Crippen LogP contribution in [-0.4, -0.2) is 14.7 Å². The summed E-state index contributed by atoms with van der Waals surface area (Å²) in [6, 6.07) is 16.4. The molecule has 0 spiro atoms. The van der Waals surface area contributed by atoms with Gasteiger partial charge in [0.05, 0.1) is 6.33 Å². The molecule has 23 heavy (non-hydrogen) atoms. The molecule has 0 atom stereocenters. The molecule has 0 saturated heterocycles. The minimum atomic E-state index is 0.618. The van der Waals surface area contributed by atoms with Gasteiger partial charge < -0.3 is 15.2 Å². The van der Waals surface area contributed by atoms with Crippen LogP contribution < -0.4 is 10.6 Å². The highest BCUT2D eigenvalue weighted by molar-refractivity contribution is 7.80. The van der Waals surface area contributed by atoms with E-state index in [4.69, 9.17) is 12.2 Å². The number of hydrogen-bond acceptors (Lipinski definition) is 2. The molecule has 3 aromatic rings. The molecule has 0 unspecified atom stereocenters. The second-order valence-electron chi connectivity index (χ2n) is 5.31. The fourth-order valence-electron chi connectivity index (χ4n) is 2.19. The molecule has 1 aromatic heterocycles. The Hall–Kier alpha value is -2.66. The summed E-state index contributed by atoms with van der Waals surface area (Å²) in [6.45, 7) is 2.75. The molecular weight excluding hydrogens is 304 g/mol. The number of aryl methyl sites for hydroxylation is 1. The lowest BCUT2D eigenvalue weighted by molar-refractivity contribution is 0.923. The van der Waals surface area contributed by atoms with Crippen molar-refractivity contribution in [2.75, 3.05) is 5.32 Å². The van der Waals surface area contributed by atoms with E-state index in [1.54, 1.807) is 12.5 Å². The van der Waals surface area contributed by atoms with Gasteiger partial charge in [0.25, 0.3) is 0 Å². The van der Waals surface area contributed by atoms with Crippen LogP contribution in [0.5, 0.6) is 0 Å². The van der Waals surface area contributed by atoms with Gasteiger partial charge in [-0.2, -0.15) is 0 Å². The van der Waals surface area contributed by atoms with E-state index in [9.17, 15) is 0 Å². The topological polar surface area (TPSA) is 41.9 Å². The number of hydrogen-bond donors (Lipinski definition) is 2. The third-order valence-electron chi connectivity index (χ3n) is 3.50. The highest BCUT2D eigenvalue weighted by atomic mass is 32.1. The van der Waals surface area contributed by atoms with Gasteiger partial charge in [-0.25, -0.2) is 4.98 Å². The van der Waals surface area contributed by atoms with Crippen LogP contribution in [0.4, 0.5) is 5.69 Å². The highest BCUT2D eigenvalue weighted by Crippen LogP contribution is 2.10. The van der Waals surface area contributed by atoms with Crippen LogP contribution in [0.1, 0.15) is 11.1 Å². The largest absolute Gasteiger partial charge is 0.358 e. The molecule has 0 radical (unpaired) electrons. The van der Waals surface area contributed by atoms with Crippen molar-refractivity contribution in [3.05, 3.63) is 78.4 Å². The normalized spacial score (nSPS) is 10.3. The van der Waals surface area contributed by atoms with E-state index in [1.165, 1.54) is 11.1 Å². The minimum Gasteiger partial charge on any atom is -0.358 e. The average molecular weight is 322 g/mol. The Kier molecular flexibility index (Phi) is 4.68. The maximum Gasteiger partial charge on any atom is 0.171 e. The number of rotatable bonds is 4. The van der Waals surface area contributed by atoms with E-state index in [1.807, 2.05) is 22.9 Å². The Balaban J connectivity index is 1.53. The summed E-state index contributed by atoms with van der Waals surface area (Å²) < 4.78 is 1.97. The van der Waals surface area contributed by atoms with Crippen molar-refractivity contribution in [1.82, 2.24) is 14.9 Å². The molecule has 0 aliphatic rings. The zero-order chi connectivity index (χ0) is 16.1. The first-order valence-electron chi connectivity index (χ1n) is 7.39. The van der Waals surface area contributed by atoms with Crippen molar-refractivity contribution in [3.8, 4) is 5.69 Å². The first kappa shape index (κ1) is 15.2. The van der Waals surface area contributed by atoms with Crippen molar-refractivity contribution in [1.29, 1.82) is 0 Å². The molecule has 3 rings (SSSR count). The van der Waals surface area contributed by atoms with Gasteiger partial charge >= 0.3 is 0 Å². The van der Waals surface area contributed by atoms with Crippen molar-refractivity contribution >= 4 is 23.0 Å². The third kappa shape index (κ3) is 4.17. The summed E-state index contributed by atoms with van der Waals surface area (Å²) in [4.78, 5) is 4.05. The SMILES string of the molecule is Cc1ccc(NC(=S)NCc2ccc(-n3ccnc3)cc2)cc1. The van der Waals surface area contributed by atoms with E-state index in [2.05, 4.69) is 58.9 Å². The maximum atomic E-state index is 5.32. The van der Waals surface area contributed by atoms with E-state index >= 15 is 0 Å². The smallest absolute Gasteiger partial charge is 0.171 e. The molecule has 2 aromatic carbocycles. The third-order valence-corrected chi connectivity index (χ3v) is 3.75. The predicted molar refractivity (Wildman–Crippen MR) is 97.8 cm³/mol. The molecular formula is C18H18N4S. The van der Waals surface area contributed by atoms with Gasteiger partial charge in [0.1, 0.15) is 0 Å². The number of imidazole rings is 1. The molecule has 0 aliphatic heterocycles. The summed E-state index contributed by atoms with van der Waals surface area (Å²) in [5, 5.41) is 7.02. The van der Waals surface area contributed by atoms with E-state index < -0.39 is 0 Å². The van der Waals surface area contributed by atoms with Crippen molar-refractivity contribution < 1.29 is 0 Å². The molecule has 2 N–H and O–H groups in total. The lowest BCUT2D eigenvalue weighted by Crippen LogP contribution is -2.27. The molecule has 0 amide bonds. The average Bonchev–Trinajstić information content (AvgIpc) is 3.10. The number of thiocarbonyl (C=S) groups is 1. The van der Waals surface area contributed by atoms with Crippen LogP contribution >= 0.6 is 12.2 Å². The highest BCUT2D eigenvalue weighted by Gasteiger charge is 2.00. The standard InChI is InChI=1S/C18H18N4S/c1-14-2-6-16(7-3-14)21-18(23)20-12-15-4-8-17(9-5-15)22-11-10-19-13-22/h2-11,13H,12H2,1H3,(H2,20,21,23). The minimum absolute atomic E-state index is 0.618. The summed E-state index contributed by atoms with van der Waals surface area (Å²) >= 11 is 5.32. The first-order valence-corrected chi connectivity index (χ1v) is 7.80. The number of nitrogens with one attached hydrogen (secondary N) is 2. The Morgan fingerprint density at radius 2 is 1.83 bits per heavy atom. The predicted octanol–water partition coefficient (Wildman–Crippen LogP) is 3.67. The zero-order valence-corrected chi connectivity index (χ0v) is 13.7. The molecule has 1 heterocycles. The fourth-order valence-corrected chi connectivity index (χ4v) is 2.38. The Morgan fingerprint density at radius 1 is 1.09 bits per heavy atom. The van der Waals surface area contributed by atoms with Crippen LogP contribution in [-0.2, 0) is 6.54 Å². The second kappa shape index (κ2) is 7.07. The van der Waals surface area contributed by atoms with Crippen LogP contribution in [0.25, 0.3) is 5.69 Å². The molecule has 0 fully saturated rings.